The lowest BCUT2D eigenvalue weighted by Gasteiger charge is -2.28. The number of nitrogens with zero attached hydrogens (tertiary/aromatic N) is 2. The smallest absolute Gasteiger partial charge is 0.237 e. The molecule has 6 heteroatoms. The molecule has 0 aliphatic carbocycles. The standard InChI is InChI=1S/C17H17N3O2S/c1-12-6-8-18-15(10-12)19-16(21)7-9-20-13-4-2-3-5-14(13)23-11-17(20)22/h2-6,8,10H,7,9,11H2,1H3,(H,18,19,21). The Bertz CT molecular complexity index is 748. The monoisotopic (exact) mass is 327 g/mol. The lowest BCUT2D eigenvalue weighted by atomic mass is 10.2. The zero-order valence-electron chi connectivity index (χ0n) is 12.8. The fourth-order valence-electron chi connectivity index (χ4n) is 2.42. The van der Waals surface area contributed by atoms with Gasteiger partial charge in [0.25, 0.3) is 0 Å². The number of pyridine rings is 1. The highest BCUT2D eigenvalue weighted by Crippen LogP contribution is 2.34. The maximum absolute atomic E-state index is 12.1. The molecule has 0 bridgehead atoms. The lowest BCUT2D eigenvalue weighted by Crippen LogP contribution is -2.37. The summed E-state index contributed by atoms with van der Waals surface area (Å²) in [6.45, 7) is 2.31. The number of nitrogens with one attached hydrogen (secondary N) is 1. The molecule has 0 fully saturated rings. The Balaban J connectivity index is 1.64. The van der Waals surface area contributed by atoms with Crippen LogP contribution >= 0.6 is 11.8 Å². The second kappa shape index (κ2) is 6.83. The van der Waals surface area contributed by atoms with E-state index in [-0.39, 0.29) is 18.2 Å². The number of carbonyl (C=O) groups excluding carboxylic acids is 2. The third-order valence-corrected chi connectivity index (χ3v) is 4.60. The van der Waals surface area contributed by atoms with Gasteiger partial charge in [-0.05, 0) is 36.8 Å². The molecule has 2 heterocycles. The maximum atomic E-state index is 12.1. The quantitative estimate of drug-likeness (QED) is 0.938. The number of fused-ring (bicyclic) bond motifs is 1. The highest BCUT2D eigenvalue weighted by atomic mass is 32.2. The topological polar surface area (TPSA) is 62.3 Å². The molecule has 1 aromatic heterocycles. The SMILES string of the molecule is Cc1ccnc(NC(=O)CCN2C(=O)CSc3ccccc32)c1. The van der Waals surface area contributed by atoms with Crippen LogP contribution in [0.2, 0.25) is 0 Å². The summed E-state index contributed by atoms with van der Waals surface area (Å²) in [6, 6.07) is 11.5. The van der Waals surface area contributed by atoms with Gasteiger partial charge in [-0.2, -0.15) is 0 Å². The van der Waals surface area contributed by atoms with E-state index in [1.165, 1.54) is 11.8 Å². The number of rotatable bonds is 4. The minimum Gasteiger partial charge on any atom is -0.311 e. The maximum Gasteiger partial charge on any atom is 0.237 e. The van der Waals surface area contributed by atoms with Gasteiger partial charge < -0.3 is 10.2 Å². The minimum atomic E-state index is -0.147. The summed E-state index contributed by atoms with van der Waals surface area (Å²) >= 11 is 1.54. The van der Waals surface area contributed by atoms with E-state index in [1.807, 2.05) is 43.3 Å². The van der Waals surface area contributed by atoms with Gasteiger partial charge in [0.2, 0.25) is 11.8 Å². The van der Waals surface area contributed by atoms with Crippen LogP contribution in [0.5, 0.6) is 0 Å². The summed E-state index contributed by atoms with van der Waals surface area (Å²) in [5.41, 5.74) is 1.92. The van der Waals surface area contributed by atoms with Crippen molar-refractivity contribution in [1.82, 2.24) is 4.98 Å². The molecule has 0 unspecified atom stereocenters. The van der Waals surface area contributed by atoms with E-state index in [1.54, 1.807) is 11.1 Å². The van der Waals surface area contributed by atoms with Gasteiger partial charge in [0.15, 0.2) is 0 Å². The van der Waals surface area contributed by atoms with Gasteiger partial charge in [-0.15, -0.1) is 11.8 Å². The number of benzene rings is 1. The van der Waals surface area contributed by atoms with Gasteiger partial charge in [-0.3, -0.25) is 9.59 Å². The van der Waals surface area contributed by atoms with Crippen LogP contribution in [0, 0.1) is 6.92 Å². The first-order valence-electron chi connectivity index (χ1n) is 7.38. The van der Waals surface area contributed by atoms with Crippen molar-refractivity contribution in [2.24, 2.45) is 0 Å². The second-order valence-corrected chi connectivity index (χ2v) is 6.34. The average molecular weight is 327 g/mol. The number of hydrogen-bond donors (Lipinski definition) is 1. The fourth-order valence-corrected chi connectivity index (χ4v) is 3.36. The number of carbonyl (C=O) groups is 2. The van der Waals surface area contributed by atoms with Gasteiger partial charge in [-0.25, -0.2) is 4.98 Å². The normalized spacial score (nSPS) is 13.6. The Morgan fingerprint density at radius 1 is 1.35 bits per heavy atom. The number of anilines is 2. The van der Waals surface area contributed by atoms with E-state index in [0.717, 1.165) is 16.1 Å². The predicted octanol–water partition coefficient (Wildman–Crippen LogP) is 2.86. The van der Waals surface area contributed by atoms with Crippen molar-refractivity contribution in [3.05, 3.63) is 48.2 Å². The van der Waals surface area contributed by atoms with Crippen LogP contribution in [-0.2, 0) is 9.59 Å². The number of aryl methyl sites for hydroxylation is 1. The van der Waals surface area contributed by atoms with Crippen molar-refractivity contribution in [3.63, 3.8) is 0 Å². The van der Waals surface area contributed by atoms with Gasteiger partial charge >= 0.3 is 0 Å². The molecule has 1 aromatic carbocycles. The Kier molecular flexibility index (Phi) is 4.62. The minimum absolute atomic E-state index is 0.0372. The summed E-state index contributed by atoms with van der Waals surface area (Å²) in [4.78, 5) is 31.1. The van der Waals surface area contributed by atoms with Gasteiger partial charge in [-0.1, -0.05) is 12.1 Å². The lowest BCUT2D eigenvalue weighted by molar-refractivity contribution is -0.117. The van der Waals surface area contributed by atoms with E-state index in [0.29, 0.717) is 18.1 Å². The molecule has 1 aliphatic rings. The van der Waals surface area contributed by atoms with E-state index < -0.39 is 0 Å². The summed E-state index contributed by atoms with van der Waals surface area (Å²) in [6.07, 6.45) is 1.90. The van der Waals surface area contributed by atoms with Crippen LogP contribution in [0.15, 0.2) is 47.5 Å². The summed E-state index contributed by atoms with van der Waals surface area (Å²) < 4.78 is 0. The highest BCUT2D eigenvalue weighted by molar-refractivity contribution is 8.00. The van der Waals surface area contributed by atoms with Crippen molar-refractivity contribution >= 4 is 35.1 Å². The zero-order chi connectivity index (χ0) is 16.2. The van der Waals surface area contributed by atoms with Crippen LogP contribution in [0.25, 0.3) is 0 Å². The number of hydrogen-bond acceptors (Lipinski definition) is 4. The zero-order valence-corrected chi connectivity index (χ0v) is 13.6. The van der Waals surface area contributed by atoms with Crippen molar-refractivity contribution in [1.29, 1.82) is 0 Å². The molecule has 118 valence electrons. The molecule has 0 atom stereocenters. The highest BCUT2D eigenvalue weighted by Gasteiger charge is 2.24. The molecule has 3 rings (SSSR count). The van der Waals surface area contributed by atoms with E-state index in [2.05, 4.69) is 10.3 Å². The predicted molar refractivity (Wildman–Crippen MR) is 91.7 cm³/mol. The van der Waals surface area contributed by atoms with E-state index in [4.69, 9.17) is 0 Å². The molecule has 0 spiro atoms. The van der Waals surface area contributed by atoms with Crippen LogP contribution in [0.3, 0.4) is 0 Å². The molecule has 2 amide bonds. The summed E-state index contributed by atoms with van der Waals surface area (Å²) in [5, 5.41) is 2.77. The molecular weight excluding hydrogens is 310 g/mol. The van der Waals surface area contributed by atoms with Gasteiger partial charge in [0.1, 0.15) is 5.82 Å². The molecule has 1 aliphatic heterocycles. The second-order valence-electron chi connectivity index (χ2n) is 5.32. The van der Waals surface area contributed by atoms with E-state index >= 15 is 0 Å². The number of amides is 2. The number of para-hydroxylation sites is 1. The van der Waals surface area contributed by atoms with Crippen molar-refractivity contribution < 1.29 is 9.59 Å². The summed E-state index contributed by atoms with van der Waals surface area (Å²) in [7, 11) is 0. The Labute approximate surface area is 139 Å². The average Bonchev–Trinajstić information content (AvgIpc) is 2.54. The van der Waals surface area contributed by atoms with Crippen LogP contribution in [0.4, 0.5) is 11.5 Å². The molecule has 1 N–H and O–H groups in total. The Morgan fingerprint density at radius 2 is 2.17 bits per heavy atom. The van der Waals surface area contributed by atoms with Crippen molar-refractivity contribution in [2.45, 2.75) is 18.2 Å². The molecule has 0 saturated carbocycles. The third-order valence-electron chi connectivity index (χ3n) is 3.55. The molecular formula is C17H17N3O2S. The van der Waals surface area contributed by atoms with Gasteiger partial charge in [0.05, 0.1) is 11.4 Å². The van der Waals surface area contributed by atoms with Gasteiger partial charge in [0, 0.05) is 24.1 Å². The molecule has 23 heavy (non-hydrogen) atoms. The third kappa shape index (κ3) is 3.71. The van der Waals surface area contributed by atoms with Crippen molar-refractivity contribution in [2.75, 3.05) is 22.5 Å². The van der Waals surface area contributed by atoms with Crippen LogP contribution in [-0.4, -0.2) is 29.1 Å². The first-order valence-corrected chi connectivity index (χ1v) is 8.37. The summed E-state index contributed by atoms with van der Waals surface area (Å²) in [5.74, 6) is 0.843. The largest absolute Gasteiger partial charge is 0.311 e. The number of aromatic nitrogens is 1. The molecule has 0 radical (unpaired) electrons. The van der Waals surface area contributed by atoms with Crippen molar-refractivity contribution in [3.8, 4) is 0 Å². The molecule has 5 nitrogen and oxygen atoms in total. The first-order chi connectivity index (χ1) is 11.1. The Morgan fingerprint density at radius 3 is 3.00 bits per heavy atom. The van der Waals surface area contributed by atoms with Crippen LogP contribution < -0.4 is 10.2 Å². The molecule has 2 aromatic rings. The first kappa shape index (κ1) is 15.6. The number of thioether (sulfide) groups is 1. The Hall–Kier alpha value is -2.34. The van der Waals surface area contributed by atoms with Crippen LogP contribution in [0.1, 0.15) is 12.0 Å². The molecule has 0 saturated heterocycles. The van der Waals surface area contributed by atoms with E-state index in [9.17, 15) is 9.59 Å². The fraction of sp³-hybridized carbons (Fsp3) is 0.235.